The summed E-state index contributed by atoms with van der Waals surface area (Å²) in [5.74, 6) is 0. The van der Waals surface area contributed by atoms with E-state index in [0.717, 1.165) is 19.6 Å². The van der Waals surface area contributed by atoms with Gasteiger partial charge in [-0.1, -0.05) is 19.1 Å². The zero-order chi connectivity index (χ0) is 13.4. The van der Waals surface area contributed by atoms with Crippen LogP contribution in [0.25, 0.3) is 0 Å². The molecule has 1 aromatic rings. The van der Waals surface area contributed by atoms with E-state index in [1.165, 1.54) is 17.7 Å². The van der Waals surface area contributed by atoms with Crippen LogP contribution in [0.15, 0.2) is 24.3 Å². The van der Waals surface area contributed by atoms with E-state index in [1.54, 1.807) is 0 Å². The molecule has 102 valence electrons. The van der Waals surface area contributed by atoms with Crippen molar-refractivity contribution in [2.75, 3.05) is 32.1 Å². The molecule has 0 bridgehead atoms. The van der Waals surface area contributed by atoms with Crippen LogP contribution in [-0.4, -0.2) is 33.2 Å². The summed E-state index contributed by atoms with van der Waals surface area (Å²) >= 11 is 0. The lowest BCUT2D eigenvalue weighted by Crippen LogP contribution is -2.36. The van der Waals surface area contributed by atoms with Crippen LogP contribution in [0.1, 0.15) is 25.8 Å². The number of nitrogens with one attached hydrogen (secondary N) is 2. The number of rotatable bonds is 8. The molecule has 0 saturated heterocycles. The molecule has 0 amide bonds. The van der Waals surface area contributed by atoms with E-state index in [2.05, 4.69) is 67.7 Å². The van der Waals surface area contributed by atoms with Gasteiger partial charge < -0.3 is 15.5 Å². The lowest BCUT2D eigenvalue weighted by atomic mass is 10.2. The predicted molar refractivity (Wildman–Crippen MR) is 80.2 cm³/mol. The van der Waals surface area contributed by atoms with Crippen LogP contribution in [0.2, 0.25) is 0 Å². The highest BCUT2D eigenvalue weighted by atomic mass is 15.1. The van der Waals surface area contributed by atoms with Crippen LogP contribution in [0, 0.1) is 0 Å². The maximum absolute atomic E-state index is 3.54. The topological polar surface area (TPSA) is 27.3 Å². The van der Waals surface area contributed by atoms with Crippen molar-refractivity contribution < 1.29 is 0 Å². The van der Waals surface area contributed by atoms with Crippen molar-refractivity contribution in [2.24, 2.45) is 0 Å². The third kappa shape index (κ3) is 5.52. The Morgan fingerprint density at radius 3 is 2.72 bits per heavy atom. The lowest BCUT2D eigenvalue weighted by Gasteiger charge is -2.16. The first-order chi connectivity index (χ1) is 8.63. The van der Waals surface area contributed by atoms with E-state index in [1.807, 2.05) is 0 Å². The second-order valence-electron chi connectivity index (χ2n) is 5.05. The molecule has 1 rings (SSSR count). The summed E-state index contributed by atoms with van der Waals surface area (Å²) in [4.78, 5) is 2.13. The largest absolute Gasteiger partial charge is 0.378 e. The fourth-order valence-corrected chi connectivity index (χ4v) is 1.80. The summed E-state index contributed by atoms with van der Waals surface area (Å²) in [5.41, 5.74) is 2.59. The van der Waals surface area contributed by atoms with E-state index < -0.39 is 0 Å². The Hall–Kier alpha value is -1.06. The average Bonchev–Trinajstić information content (AvgIpc) is 2.37. The smallest absolute Gasteiger partial charge is 0.0364 e. The van der Waals surface area contributed by atoms with Gasteiger partial charge in [0.05, 0.1) is 0 Å². The average molecular weight is 249 g/mol. The molecule has 0 saturated carbocycles. The molecule has 0 heterocycles. The van der Waals surface area contributed by atoms with Crippen LogP contribution in [0.4, 0.5) is 5.69 Å². The quantitative estimate of drug-likeness (QED) is 0.692. The van der Waals surface area contributed by atoms with Crippen molar-refractivity contribution in [1.82, 2.24) is 10.6 Å². The molecule has 1 aromatic carbocycles. The Morgan fingerprint density at radius 1 is 1.28 bits per heavy atom. The van der Waals surface area contributed by atoms with Crippen molar-refractivity contribution in [3.8, 4) is 0 Å². The van der Waals surface area contributed by atoms with Gasteiger partial charge in [0.15, 0.2) is 0 Å². The van der Waals surface area contributed by atoms with Crippen LogP contribution < -0.4 is 15.5 Å². The van der Waals surface area contributed by atoms with Crippen molar-refractivity contribution in [2.45, 2.75) is 32.9 Å². The Kier molecular flexibility index (Phi) is 6.76. The van der Waals surface area contributed by atoms with Gasteiger partial charge in [-0.25, -0.2) is 0 Å². The summed E-state index contributed by atoms with van der Waals surface area (Å²) in [6, 6.07) is 9.16. The van der Waals surface area contributed by atoms with E-state index in [0.29, 0.717) is 6.04 Å². The van der Waals surface area contributed by atoms with Gasteiger partial charge in [-0.2, -0.15) is 0 Å². The molecule has 0 aliphatic heterocycles. The third-order valence-electron chi connectivity index (χ3n) is 2.96. The Balaban J connectivity index is 2.36. The standard InChI is InChI=1S/C15H27N3/c1-5-9-16-11-13(2)17-12-14-7-6-8-15(10-14)18(3)4/h6-8,10,13,16-17H,5,9,11-12H2,1-4H3. The van der Waals surface area contributed by atoms with Crippen molar-refractivity contribution >= 4 is 5.69 Å². The third-order valence-corrected chi connectivity index (χ3v) is 2.96. The first-order valence-electron chi connectivity index (χ1n) is 6.83. The van der Waals surface area contributed by atoms with Gasteiger partial charge in [0, 0.05) is 38.9 Å². The van der Waals surface area contributed by atoms with Gasteiger partial charge >= 0.3 is 0 Å². The highest BCUT2D eigenvalue weighted by Gasteiger charge is 2.02. The molecule has 3 heteroatoms. The van der Waals surface area contributed by atoms with E-state index in [-0.39, 0.29) is 0 Å². The Bertz CT molecular complexity index is 336. The Labute approximate surface area is 112 Å². The maximum Gasteiger partial charge on any atom is 0.0364 e. The highest BCUT2D eigenvalue weighted by molar-refractivity contribution is 5.47. The van der Waals surface area contributed by atoms with Crippen LogP contribution in [-0.2, 0) is 6.54 Å². The number of benzene rings is 1. The Morgan fingerprint density at radius 2 is 2.06 bits per heavy atom. The molecule has 0 radical (unpaired) electrons. The zero-order valence-electron chi connectivity index (χ0n) is 12.2. The predicted octanol–water partition coefficient (Wildman–Crippen LogP) is 2.23. The normalized spacial score (nSPS) is 12.4. The zero-order valence-corrected chi connectivity index (χ0v) is 12.2. The molecular formula is C15H27N3. The molecule has 0 fully saturated rings. The highest BCUT2D eigenvalue weighted by Crippen LogP contribution is 2.13. The molecule has 1 atom stereocenters. The summed E-state index contributed by atoms with van der Waals surface area (Å²) < 4.78 is 0. The first kappa shape index (κ1) is 15.0. The molecule has 2 N–H and O–H groups in total. The maximum atomic E-state index is 3.54. The molecule has 3 nitrogen and oxygen atoms in total. The van der Waals surface area contributed by atoms with Crippen molar-refractivity contribution in [3.05, 3.63) is 29.8 Å². The number of anilines is 1. The van der Waals surface area contributed by atoms with Crippen LogP contribution in [0.5, 0.6) is 0 Å². The second kappa shape index (κ2) is 8.11. The molecule has 1 unspecified atom stereocenters. The van der Waals surface area contributed by atoms with Crippen molar-refractivity contribution in [1.29, 1.82) is 0 Å². The molecule has 0 aliphatic rings. The van der Waals surface area contributed by atoms with Crippen LogP contribution in [0.3, 0.4) is 0 Å². The minimum Gasteiger partial charge on any atom is -0.378 e. The fraction of sp³-hybridized carbons (Fsp3) is 0.600. The first-order valence-corrected chi connectivity index (χ1v) is 6.83. The van der Waals surface area contributed by atoms with Gasteiger partial charge in [-0.3, -0.25) is 0 Å². The lowest BCUT2D eigenvalue weighted by molar-refractivity contribution is 0.501. The monoisotopic (exact) mass is 249 g/mol. The summed E-state index contributed by atoms with van der Waals surface area (Å²) in [5, 5.41) is 6.97. The van der Waals surface area contributed by atoms with E-state index >= 15 is 0 Å². The SMILES string of the molecule is CCCNCC(C)NCc1cccc(N(C)C)c1. The van der Waals surface area contributed by atoms with Gasteiger partial charge in [0.2, 0.25) is 0 Å². The minimum atomic E-state index is 0.500. The summed E-state index contributed by atoms with van der Waals surface area (Å²) in [6.45, 7) is 7.47. The van der Waals surface area contributed by atoms with Gasteiger partial charge in [0.1, 0.15) is 0 Å². The van der Waals surface area contributed by atoms with E-state index in [9.17, 15) is 0 Å². The molecular weight excluding hydrogens is 222 g/mol. The van der Waals surface area contributed by atoms with E-state index in [4.69, 9.17) is 0 Å². The van der Waals surface area contributed by atoms with Crippen molar-refractivity contribution in [3.63, 3.8) is 0 Å². The molecule has 0 spiro atoms. The molecule has 18 heavy (non-hydrogen) atoms. The summed E-state index contributed by atoms with van der Waals surface area (Å²) in [7, 11) is 4.15. The number of hydrogen-bond donors (Lipinski definition) is 2. The number of nitrogens with zero attached hydrogens (tertiary/aromatic N) is 1. The molecule has 0 aromatic heterocycles. The van der Waals surface area contributed by atoms with Gasteiger partial charge in [-0.15, -0.1) is 0 Å². The molecule has 0 aliphatic carbocycles. The minimum absolute atomic E-state index is 0.500. The van der Waals surface area contributed by atoms with Gasteiger partial charge in [-0.05, 0) is 37.6 Å². The second-order valence-corrected chi connectivity index (χ2v) is 5.05. The number of hydrogen-bond acceptors (Lipinski definition) is 3. The van der Waals surface area contributed by atoms with Gasteiger partial charge in [0.25, 0.3) is 0 Å². The summed E-state index contributed by atoms with van der Waals surface area (Å²) in [6.07, 6.45) is 1.19. The van der Waals surface area contributed by atoms with Crippen LogP contribution >= 0.6 is 0 Å². The fourth-order valence-electron chi connectivity index (χ4n) is 1.80.